The van der Waals surface area contributed by atoms with Crippen molar-refractivity contribution < 1.29 is 24.9 Å². The van der Waals surface area contributed by atoms with Gasteiger partial charge in [-0.2, -0.15) is 0 Å². The molecule has 1 aliphatic heterocycles. The Labute approximate surface area is 69.6 Å². The summed E-state index contributed by atoms with van der Waals surface area (Å²) in [5, 5.41) is 27.1. The van der Waals surface area contributed by atoms with Gasteiger partial charge in [-0.15, -0.1) is 0 Å². The molecule has 4 atom stereocenters. The van der Waals surface area contributed by atoms with E-state index in [4.69, 9.17) is 9.84 Å². The summed E-state index contributed by atoms with van der Waals surface area (Å²) in [6.07, 6.45) is -3.04. The molecule has 5 heteroatoms. The minimum atomic E-state index is -1.11. The van der Waals surface area contributed by atoms with Crippen LogP contribution >= 0.6 is 0 Å². The number of aliphatic hydroxyl groups is 3. The number of ether oxygens (including phenoxy) is 1. The molecule has 0 saturated carbocycles. The molecule has 1 saturated heterocycles. The fraction of sp³-hybridized carbons (Fsp3) is 0.857. The van der Waals surface area contributed by atoms with E-state index in [-0.39, 0.29) is 6.42 Å². The van der Waals surface area contributed by atoms with Crippen molar-refractivity contribution in [3.63, 3.8) is 0 Å². The second-order valence-electron chi connectivity index (χ2n) is 2.83. The van der Waals surface area contributed by atoms with Crippen LogP contribution in [0, 0.1) is 0 Å². The molecule has 12 heavy (non-hydrogen) atoms. The van der Waals surface area contributed by atoms with Crippen LogP contribution in [-0.4, -0.2) is 52.6 Å². The Morgan fingerprint density at radius 2 is 2.17 bits per heavy atom. The zero-order valence-electron chi connectivity index (χ0n) is 6.46. The first-order valence-electron chi connectivity index (χ1n) is 3.76. The summed E-state index contributed by atoms with van der Waals surface area (Å²) < 4.78 is 4.94. The average Bonchev–Trinajstić information content (AvgIpc) is 2.09. The van der Waals surface area contributed by atoms with Gasteiger partial charge >= 0.3 is 0 Å². The van der Waals surface area contributed by atoms with Crippen LogP contribution in [0.2, 0.25) is 0 Å². The molecule has 70 valence electrons. The second-order valence-corrected chi connectivity index (χ2v) is 2.83. The summed E-state index contributed by atoms with van der Waals surface area (Å²) in [4.78, 5) is 10.3. The highest BCUT2D eigenvalue weighted by Gasteiger charge is 2.35. The lowest BCUT2D eigenvalue weighted by molar-refractivity contribution is -0.178. The average molecular weight is 176 g/mol. The highest BCUT2D eigenvalue weighted by Crippen LogP contribution is 2.18. The molecule has 5 nitrogen and oxygen atoms in total. The molecule has 0 aromatic rings. The van der Waals surface area contributed by atoms with Gasteiger partial charge in [0.25, 0.3) is 0 Å². The van der Waals surface area contributed by atoms with Crippen molar-refractivity contribution in [2.75, 3.05) is 6.61 Å². The molecule has 4 unspecified atom stereocenters. The third-order valence-electron chi connectivity index (χ3n) is 1.93. The maximum atomic E-state index is 10.3. The van der Waals surface area contributed by atoms with Gasteiger partial charge < -0.3 is 24.9 Å². The Morgan fingerprint density at radius 3 is 2.67 bits per heavy atom. The van der Waals surface area contributed by atoms with E-state index in [9.17, 15) is 15.0 Å². The van der Waals surface area contributed by atoms with Crippen LogP contribution < -0.4 is 0 Å². The first kappa shape index (κ1) is 9.60. The van der Waals surface area contributed by atoms with Crippen LogP contribution in [-0.2, 0) is 9.53 Å². The largest absolute Gasteiger partial charge is 0.394 e. The normalized spacial score (nSPS) is 42.6. The zero-order valence-corrected chi connectivity index (χ0v) is 6.46. The van der Waals surface area contributed by atoms with Crippen LogP contribution in [0.1, 0.15) is 6.42 Å². The van der Waals surface area contributed by atoms with Crippen molar-refractivity contribution in [3.8, 4) is 0 Å². The molecule has 1 rings (SSSR count). The van der Waals surface area contributed by atoms with E-state index in [2.05, 4.69) is 0 Å². The molecular weight excluding hydrogens is 164 g/mol. The van der Waals surface area contributed by atoms with E-state index >= 15 is 0 Å². The monoisotopic (exact) mass is 176 g/mol. The summed E-state index contributed by atoms with van der Waals surface area (Å²) in [5.41, 5.74) is 0. The number of aliphatic hydroxyl groups excluding tert-OH is 3. The maximum absolute atomic E-state index is 10.3. The molecule has 1 fully saturated rings. The Balaban J connectivity index is 2.57. The number of rotatable bonds is 2. The van der Waals surface area contributed by atoms with E-state index in [1.54, 1.807) is 0 Å². The SMILES string of the molecule is O=CC1CC(O)C(O)C(CO)O1. The van der Waals surface area contributed by atoms with E-state index in [0.29, 0.717) is 6.29 Å². The number of aldehydes is 1. The van der Waals surface area contributed by atoms with Gasteiger partial charge in [0.1, 0.15) is 24.6 Å². The van der Waals surface area contributed by atoms with Gasteiger partial charge in [-0.3, -0.25) is 0 Å². The molecule has 0 aromatic heterocycles. The van der Waals surface area contributed by atoms with E-state index in [1.807, 2.05) is 0 Å². The molecule has 0 amide bonds. The van der Waals surface area contributed by atoms with Crippen molar-refractivity contribution in [2.24, 2.45) is 0 Å². The molecular formula is C7H12O5. The highest BCUT2D eigenvalue weighted by molar-refractivity contribution is 5.56. The summed E-state index contributed by atoms with van der Waals surface area (Å²) in [5.74, 6) is 0. The lowest BCUT2D eigenvalue weighted by Gasteiger charge is -2.33. The summed E-state index contributed by atoms with van der Waals surface area (Å²) >= 11 is 0. The minimum Gasteiger partial charge on any atom is -0.394 e. The lowest BCUT2D eigenvalue weighted by atomic mass is 9.99. The Hall–Kier alpha value is -0.490. The number of hydrogen-bond acceptors (Lipinski definition) is 5. The fourth-order valence-corrected chi connectivity index (χ4v) is 1.22. The minimum absolute atomic E-state index is 0.0845. The van der Waals surface area contributed by atoms with Crippen molar-refractivity contribution in [1.29, 1.82) is 0 Å². The van der Waals surface area contributed by atoms with Crippen molar-refractivity contribution in [3.05, 3.63) is 0 Å². The molecule has 0 radical (unpaired) electrons. The predicted octanol–water partition coefficient (Wildman–Crippen LogP) is -1.94. The van der Waals surface area contributed by atoms with Gasteiger partial charge in [-0.1, -0.05) is 0 Å². The molecule has 0 aliphatic carbocycles. The third kappa shape index (κ3) is 1.81. The van der Waals surface area contributed by atoms with E-state index < -0.39 is 31.0 Å². The summed E-state index contributed by atoms with van der Waals surface area (Å²) in [7, 11) is 0. The number of hydrogen-bond donors (Lipinski definition) is 3. The molecule has 1 heterocycles. The highest BCUT2D eigenvalue weighted by atomic mass is 16.5. The van der Waals surface area contributed by atoms with Crippen molar-refractivity contribution in [1.82, 2.24) is 0 Å². The quantitative estimate of drug-likeness (QED) is 0.426. The molecule has 0 bridgehead atoms. The second kappa shape index (κ2) is 3.95. The van der Waals surface area contributed by atoms with E-state index in [1.165, 1.54) is 0 Å². The molecule has 0 aromatic carbocycles. The number of carbonyl (C=O) groups excluding carboxylic acids is 1. The third-order valence-corrected chi connectivity index (χ3v) is 1.93. The Morgan fingerprint density at radius 1 is 1.50 bits per heavy atom. The van der Waals surface area contributed by atoms with Crippen molar-refractivity contribution in [2.45, 2.75) is 30.8 Å². The first-order valence-corrected chi connectivity index (χ1v) is 3.76. The molecule has 3 N–H and O–H groups in total. The number of carbonyl (C=O) groups is 1. The van der Waals surface area contributed by atoms with Gasteiger partial charge in [0.05, 0.1) is 12.7 Å². The van der Waals surface area contributed by atoms with Crippen LogP contribution in [0.15, 0.2) is 0 Å². The van der Waals surface area contributed by atoms with Crippen LogP contribution in [0.5, 0.6) is 0 Å². The summed E-state index contributed by atoms with van der Waals surface area (Å²) in [6, 6.07) is 0. The van der Waals surface area contributed by atoms with Crippen LogP contribution in [0.3, 0.4) is 0 Å². The topological polar surface area (TPSA) is 87.0 Å². The van der Waals surface area contributed by atoms with E-state index in [0.717, 1.165) is 0 Å². The van der Waals surface area contributed by atoms with Gasteiger partial charge in [0, 0.05) is 6.42 Å². The predicted molar refractivity (Wildman–Crippen MR) is 38.4 cm³/mol. The Bertz CT molecular complexity index is 160. The van der Waals surface area contributed by atoms with Gasteiger partial charge in [0.2, 0.25) is 0 Å². The summed E-state index contributed by atoms with van der Waals surface area (Å²) in [6.45, 7) is -0.400. The van der Waals surface area contributed by atoms with Crippen LogP contribution in [0.4, 0.5) is 0 Å². The van der Waals surface area contributed by atoms with Gasteiger partial charge in [0.15, 0.2) is 0 Å². The van der Waals surface area contributed by atoms with Crippen LogP contribution in [0.25, 0.3) is 0 Å². The standard InChI is InChI=1S/C7H12O5/c8-2-4-1-5(10)7(11)6(3-9)12-4/h2,4-7,9-11H,1,3H2. The van der Waals surface area contributed by atoms with Crippen molar-refractivity contribution >= 4 is 6.29 Å². The smallest absolute Gasteiger partial charge is 0.148 e. The maximum Gasteiger partial charge on any atom is 0.148 e. The molecule has 1 aliphatic rings. The lowest BCUT2D eigenvalue weighted by Crippen LogP contribution is -2.50. The van der Waals surface area contributed by atoms with Gasteiger partial charge in [-0.25, -0.2) is 0 Å². The first-order chi connectivity index (χ1) is 5.69. The Kier molecular flexibility index (Phi) is 3.16. The van der Waals surface area contributed by atoms with Gasteiger partial charge in [-0.05, 0) is 0 Å². The molecule has 0 spiro atoms. The fourth-order valence-electron chi connectivity index (χ4n) is 1.22. The zero-order chi connectivity index (χ0) is 9.14.